The van der Waals surface area contributed by atoms with Crippen LogP contribution in [0.15, 0.2) is 54.1 Å². The number of fused-ring (bicyclic) bond motifs is 1. The second kappa shape index (κ2) is 5.32. The Kier molecular flexibility index (Phi) is 3.50. The number of hydrogen-bond donors (Lipinski definition) is 0. The highest BCUT2D eigenvalue weighted by Gasteiger charge is 2.49. The highest BCUT2D eigenvalue weighted by Crippen LogP contribution is 2.43. The number of anilines is 1. The number of benzene rings is 1. The summed E-state index contributed by atoms with van der Waals surface area (Å²) >= 11 is 0. The molecule has 2 aliphatic rings. The zero-order chi connectivity index (χ0) is 15.0. The van der Waals surface area contributed by atoms with E-state index in [0.717, 1.165) is 6.42 Å². The Morgan fingerprint density at radius 1 is 1.14 bits per heavy atom. The lowest BCUT2D eigenvalue weighted by Gasteiger charge is -2.25. The summed E-state index contributed by atoms with van der Waals surface area (Å²) in [7, 11) is 0. The number of carbonyl (C=O) groups excluding carboxylic acids is 2. The summed E-state index contributed by atoms with van der Waals surface area (Å²) in [5, 5.41) is 0. The van der Waals surface area contributed by atoms with Crippen LogP contribution in [-0.4, -0.2) is 11.8 Å². The fourth-order valence-corrected chi connectivity index (χ4v) is 3.42. The molecule has 0 N–H and O–H groups in total. The molecule has 1 fully saturated rings. The Morgan fingerprint density at radius 2 is 1.76 bits per heavy atom. The van der Waals surface area contributed by atoms with Gasteiger partial charge in [0.25, 0.3) is 0 Å². The van der Waals surface area contributed by atoms with Gasteiger partial charge in [-0.05, 0) is 38.3 Å². The van der Waals surface area contributed by atoms with Crippen molar-refractivity contribution in [3.05, 3.63) is 54.1 Å². The van der Waals surface area contributed by atoms with Gasteiger partial charge in [0.1, 0.15) is 0 Å². The highest BCUT2D eigenvalue weighted by molar-refractivity contribution is 6.22. The molecule has 0 radical (unpaired) electrons. The Labute approximate surface area is 125 Å². The van der Waals surface area contributed by atoms with E-state index in [1.54, 1.807) is 0 Å². The number of nitrogens with zero attached hydrogens (tertiary/aromatic N) is 1. The second-order valence-electron chi connectivity index (χ2n) is 5.85. The van der Waals surface area contributed by atoms with E-state index in [1.165, 1.54) is 16.0 Å². The smallest absolute Gasteiger partial charge is 0.238 e. The molecule has 3 rings (SSSR count). The summed E-state index contributed by atoms with van der Waals surface area (Å²) in [6.07, 6.45) is 4.06. The van der Waals surface area contributed by atoms with Crippen molar-refractivity contribution in [2.24, 2.45) is 11.8 Å². The largest absolute Gasteiger partial charge is 0.274 e. The first kappa shape index (κ1) is 13.8. The van der Waals surface area contributed by atoms with E-state index in [0.29, 0.717) is 18.5 Å². The summed E-state index contributed by atoms with van der Waals surface area (Å²) < 4.78 is 0. The molecule has 0 saturated carbocycles. The Hall–Kier alpha value is -2.16. The van der Waals surface area contributed by atoms with Gasteiger partial charge in [-0.2, -0.15) is 0 Å². The maximum absolute atomic E-state index is 12.7. The van der Waals surface area contributed by atoms with Crippen molar-refractivity contribution in [1.82, 2.24) is 0 Å². The van der Waals surface area contributed by atoms with Crippen LogP contribution in [0.1, 0.15) is 26.2 Å². The zero-order valence-corrected chi connectivity index (χ0v) is 12.2. The average Bonchev–Trinajstić information content (AvgIpc) is 2.72. The highest BCUT2D eigenvalue weighted by atomic mass is 16.2. The van der Waals surface area contributed by atoms with E-state index in [4.69, 9.17) is 0 Å². The normalized spacial score (nSPS) is 25.3. The molecule has 21 heavy (non-hydrogen) atoms. The maximum Gasteiger partial charge on any atom is 0.238 e. The van der Waals surface area contributed by atoms with Crippen LogP contribution in [0.2, 0.25) is 0 Å². The molecule has 1 heterocycles. The van der Waals surface area contributed by atoms with Gasteiger partial charge in [0, 0.05) is 0 Å². The van der Waals surface area contributed by atoms with Crippen molar-refractivity contribution < 1.29 is 9.59 Å². The van der Waals surface area contributed by atoms with Gasteiger partial charge in [-0.3, -0.25) is 14.5 Å². The van der Waals surface area contributed by atoms with Gasteiger partial charge in [-0.1, -0.05) is 35.4 Å². The van der Waals surface area contributed by atoms with Gasteiger partial charge < -0.3 is 0 Å². The van der Waals surface area contributed by atoms with Gasteiger partial charge in [0.05, 0.1) is 17.5 Å². The molecule has 1 aromatic carbocycles. The van der Waals surface area contributed by atoms with Gasteiger partial charge >= 0.3 is 0 Å². The molecule has 0 bridgehead atoms. The molecule has 1 aliphatic heterocycles. The topological polar surface area (TPSA) is 37.4 Å². The van der Waals surface area contributed by atoms with E-state index < -0.39 is 0 Å². The monoisotopic (exact) mass is 281 g/mol. The molecule has 0 spiro atoms. The lowest BCUT2D eigenvalue weighted by Crippen LogP contribution is -2.30. The van der Waals surface area contributed by atoms with Crippen molar-refractivity contribution in [1.29, 1.82) is 0 Å². The standard InChI is InChI=1S/C18H19NO2/c1-3-7-13-11-16-15(10-12(13)2)17(20)19(18(16)21)14-8-5-4-6-9-14/h3-6,8-9,15-16H,1,7,10-11H2,2H3/t15-,16+/m1/s1. The molecule has 2 amide bonds. The lowest BCUT2D eigenvalue weighted by atomic mass is 9.77. The minimum Gasteiger partial charge on any atom is -0.274 e. The first-order valence-corrected chi connectivity index (χ1v) is 7.34. The minimum atomic E-state index is -0.198. The van der Waals surface area contributed by atoms with E-state index in [9.17, 15) is 9.59 Å². The van der Waals surface area contributed by atoms with Crippen molar-refractivity contribution in [2.75, 3.05) is 4.90 Å². The number of amides is 2. The summed E-state index contributed by atoms with van der Waals surface area (Å²) in [5.41, 5.74) is 3.19. The SMILES string of the molecule is C=CCC1=C(C)C[C@H]2C(=O)N(c3ccccc3)C(=O)[C@H]2C1. The van der Waals surface area contributed by atoms with E-state index >= 15 is 0 Å². The predicted octanol–water partition coefficient (Wildman–Crippen LogP) is 3.48. The third kappa shape index (κ3) is 2.23. The van der Waals surface area contributed by atoms with E-state index in [1.807, 2.05) is 36.4 Å². The van der Waals surface area contributed by atoms with Gasteiger partial charge in [-0.25, -0.2) is 0 Å². The summed E-state index contributed by atoms with van der Waals surface area (Å²) in [5.74, 6) is -0.485. The number of hydrogen-bond acceptors (Lipinski definition) is 2. The minimum absolute atomic E-state index is 0.0480. The Morgan fingerprint density at radius 3 is 2.38 bits per heavy atom. The summed E-state index contributed by atoms with van der Waals surface area (Å²) in [6.45, 7) is 5.84. The molecule has 3 nitrogen and oxygen atoms in total. The van der Waals surface area contributed by atoms with Crippen LogP contribution in [-0.2, 0) is 9.59 Å². The van der Waals surface area contributed by atoms with Gasteiger partial charge in [0.2, 0.25) is 11.8 Å². The van der Waals surface area contributed by atoms with Gasteiger partial charge in [0.15, 0.2) is 0 Å². The third-order valence-corrected chi connectivity index (χ3v) is 4.56. The molecule has 1 aromatic rings. The van der Waals surface area contributed by atoms with Crippen LogP contribution >= 0.6 is 0 Å². The molecule has 1 aliphatic carbocycles. The summed E-state index contributed by atoms with van der Waals surface area (Å²) in [6, 6.07) is 9.22. The number of imide groups is 1. The molecule has 1 saturated heterocycles. The molecule has 108 valence electrons. The van der Waals surface area contributed by atoms with Crippen LogP contribution in [0.5, 0.6) is 0 Å². The van der Waals surface area contributed by atoms with E-state index in [-0.39, 0.29) is 23.7 Å². The van der Waals surface area contributed by atoms with Crippen molar-refractivity contribution >= 4 is 17.5 Å². The van der Waals surface area contributed by atoms with E-state index in [2.05, 4.69) is 13.5 Å². The fraction of sp³-hybridized carbons (Fsp3) is 0.333. The van der Waals surface area contributed by atoms with Crippen LogP contribution in [0.25, 0.3) is 0 Å². The number of para-hydroxylation sites is 1. The second-order valence-corrected chi connectivity index (χ2v) is 5.85. The Balaban J connectivity index is 1.92. The zero-order valence-electron chi connectivity index (χ0n) is 12.2. The van der Waals surface area contributed by atoms with Crippen LogP contribution in [0.3, 0.4) is 0 Å². The number of carbonyl (C=O) groups is 2. The first-order chi connectivity index (χ1) is 10.1. The van der Waals surface area contributed by atoms with Gasteiger partial charge in [-0.15, -0.1) is 6.58 Å². The van der Waals surface area contributed by atoms with Crippen molar-refractivity contribution in [3.63, 3.8) is 0 Å². The molecule has 2 atom stereocenters. The predicted molar refractivity (Wildman–Crippen MR) is 82.7 cm³/mol. The number of allylic oxidation sites excluding steroid dienone is 3. The lowest BCUT2D eigenvalue weighted by molar-refractivity contribution is -0.122. The first-order valence-electron chi connectivity index (χ1n) is 7.34. The molecule has 0 aromatic heterocycles. The Bertz CT molecular complexity index is 630. The van der Waals surface area contributed by atoms with Crippen molar-refractivity contribution in [2.45, 2.75) is 26.2 Å². The van der Waals surface area contributed by atoms with Crippen LogP contribution < -0.4 is 4.90 Å². The molecular formula is C18H19NO2. The molecule has 3 heteroatoms. The average molecular weight is 281 g/mol. The van der Waals surface area contributed by atoms with Crippen LogP contribution in [0.4, 0.5) is 5.69 Å². The van der Waals surface area contributed by atoms with Crippen LogP contribution in [0, 0.1) is 11.8 Å². The maximum atomic E-state index is 12.7. The number of rotatable bonds is 3. The molecule has 0 unspecified atom stereocenters. The van der Waals surface area contributed by atoms with Crippen molar-refractivity contribution in [3.8, 4) is 0 Å². The third-order valence-electron chi connectivity index (χ3n) is 4.56. The molecular weight excluding hydrogens is 262 g/mol. The summed E-state index contributed by atoms with van der Waals surface area (Å²) in [4.78, 5) is 26.7. The fourth-order valence-electron chi connectivity index (χ4n) is 3.42. The quantitative estimate of drug-likeness (QED) is 0.628.